The van der Waals surface area contributed by atoms with Gasteiger partial charge in [-0.1, -0.05) is 25.1 Å². The number of sulfone groups is 1. The van der Waals surface area contributed by atoms with Gasteiger partial charge in [-0.25, -0.2) is 18.4 Å². The molecule has 0 radical (unpaired) electrons. The SMILES string of the molecule is CCS(=O)(=O)c1c(-c2nc3cc(C(F)(F)F)ncc3n2C)sc2ccccc12. The number of halogens is 3. The first-order valence-corrected chi connectivity index (χ1v) is 10.7. The predicted molar refractivity (Wildman–Crippen MR) is 102 cm³/mol. The number of nitrogens with zero attached hydrogens (tertiary/aromatic N) is 3. The Balaban J connectivity index is 2.04. The van der Waals surface area contributed by atoms with Gasteiger partial charge in [0.25, 0.3) is 0 Å². The minimum atomic E-state index is -4.58. The van der Waals surface area contributed by atoms with Gasteiger partial charge in [0, 0.05) is 17.1 Å². The normalized spacial score (nSPS) is 12.9. The fourth-order valence-corrected chi connectivity index (χ4v) is 5.94. The van der Waals surface area contributed by atoms with Gasteiger partial charge in [0.1, 0.15) is 5.69 Å². The smallest absolute Gasteiger partial charge is 0.325 e. The van der Waals surface area contributed by atoms with Crippen LogP contribution in [0.5, 0.6) is 0 Å². The lowest BCUT2D eigenvalue weighted by molar-refractivity contribution is -0.141. The van der Waals surface area contributed by atoms with E-state index in [1.807, 2.05) is 6.07 Å². The molecule has 3 heterocycles. The third-order valence-electron chi connectivity index (χ3n) is 4.50. The molecular formula is C18H14F3N3O2S2. The lowest BCUT2D eigenvalue weighted by atomic mass is 10.2. The van der Waals surface area contributed by atoms with Crippen molar-refractivity contribution in [2.75, 3.05) is 5.75 Å². The van der Waals surface area contributed by atoms with Crippen LogP contribution in [-0.4, -0.2) is 28.7 Å². The molecule has 146 valence electrons. The number of benzene rings is 1. The lowest BCUT2D eigenvalue weighted by Crippen LogP contribution is -2.07. The molecule has 0 aliphatic heterocycles. The molecule has 0 spiro atoms. The topological polar surface area (TPSA) is 64.8 Å². The summed E-state index contributed by atoms with van der Waals surface area (Å²) in [6, 6.07) is 7.97. The van der Waals surface area contributed by atoms with Crippen LogP contribution in [0.2, 0.25) is 0 Å². The molecule has 0 aliphatic carbocycles. The van der Waals surface area contributed by atoms with Crippen LogP contribution in [0.25, 0.3) is 31.8 Å². The van der Waals surface area contributed by atoms with Crippen molar-refractivity contribution < 1.29 is 21.6 Å². The minimum absolute atomic E-state index is 0.0928. The Bertz CT molecular complexity index is 1320. The van der Waals surface area contributed by atoms with E-state index in [0.717, 1.165) is 17.0 Å². The highest BCUT2D eigenvalue weighted by Crippen LogP contribution is 2.42. The number of imidazole rings is 1. The maximum absolute atomic E-state index is 13.0. The zero-order valence-corrected chi connectivity index (χ0v) is 16.4. The van der Waals surface area contributed by atoms with E-state index < -0.39 is 21.7 Å². The minimum Gasteiger partial charge on any atom is -0.325 e. The Morgan fingerprint density at radius 2 is 1.93 bits per heavy atom. The van der Waals surface area contributed by atoms with E-state index in [-0.39, 0.29) is 16.2 Å². The van der Waals surface area contributed by atoms with Crippen molar-refractivity contribution in [3.8, 4) is 10.7 Å². The first kappa shape index (κ1) is 18.9. The van der Waals surface area contributed by atoms with Crippen LogP contribution in [0.1, 0.15) is 12.6 Å². The number of pyridine rings is 1. The molecule has 0 aliphatic rings. The monoisotopic (exact) mass is 425 g/mol. The van der Waals surface area contributed by atoms with Gasteiger partial charge in [0.2, 0.25) is 0 Å². The molecule has 28 heavy (non-hydrogen) atoms. The second kappa shape index (κ2) is 6.28. The van der Waals surface area contributed by atoms with Crippen LogP contribution in [0.15, 0.2) is 41.4 Å². The number of thiophene rings is 1. The second-order valence-corrected chi connectivity index (χ2v) is 9.48. The summed E-state index contributed by atoms with van der Waals surface area (Å²) in [5, 5.41) is 0.588. The van der Waals surface area contributed by atoms with Crippen molar-refractivity contribution in [3.63, 3.8) is 0 Å². The molecule has 0 N–H and O–H groups in total. The summed E-state index contributed by atoms with van der Waals surface area (Å²) in [6.45, 7) is 1.56. The first-order valence-electron chi connectivity index (χ1n) is 8.28. The molecule has 3 aromatic heterocycles. The van der Waals surface area contributed by atoms with Crippen molar-refractivity contribution in [2.24, 2.45) is 7.05 Å². The first-order chi connectivity index (χ1) is 13.1. The van der Waals surface area contributed by atoms with Gasteiger partial charge in [-0.15, -0.1) is 11.3 Å². The number of hydrogen-bond donors (Lipinski definition) is 0. The van der Waals surface area contributed by atoms with Gasteiger partial charge in [-0.05, 0) is 12.1 Å². The van der Waals surface area contributed by atoms with E-state index >= 15 is 0 Å². The largest absolute Gasteiger partial charge is 0.433 e. The van der Waals surface area contributed by atoms with E-state index in [9.17, 15) is 21.6 Å². The van der Waals surface area contributed by atoms with E-state index in [0.29, 0.717) is 21.6 Å². The third kappa shape index (κ3) is 2.87. The van der Waals surface area contributed by atoms with Crippen LogP contribution in [0.4, 0.5) is 13.2 Å². The average Bonchev–Trinajstić information content (AvgIpc) is 3.19. The van der Waals surface area contributed by atoms with Crippen LogP contribution >= 0.6 is 11.3 Å². The summed E-state index contributed by atoms with van der Waals surface area (Å²) in [5.74, 6) is 0.203. The van der Waals surface area contributed by atoms with Crippen molar-refractivity contribution in [1.82, 2.24) is 14.5 Å². The van der Waals surface area contributed by atoms with Crippen LogP contribution in [-0.2, 0) is 23.1 Å². The highest BCUT2D eigenvalue weighted by molar-refractivity contribution is 7.92. The Hall–Kier alpha value is -2.46. The summed E-state index contributed by atoms with van der Waals surface area (Å²) in [4.78, 5) is 8.38. The van der Waals surface area contributed by atoms with E-state index in [4.69, 9.17) is 0 Å². The number of aromatic nitrogens is 3. The van der Waals surface area contributed by atoms with Crippen molar-refractivity contribution >= 4 is 42.3 Å². The highest BCUT2D eigenvalue weighted by atomic mass is 32.2. The summed E-state index contributed by atoms with van der Waals surface area (Å²) in [5.41, 5.74) is -0.542. The molecular weight excluding hydrogens is 411 g/mol. The average molecular weight is 425 g/mol. The molecule has 1 aromatic carbocycles. The molecule has 0 amide bonds. The van der Waals surface area contributed by atoms with E-state index in [1.54, 1.807) is 36.7 Å². The Labute approximate surface area is 162 Å². The highest BCUT2D eigenvalue weighted by Gasteiger charge is 2.33. The lowest BCUT2D eigenvalue weighted by Gasteiger charge is -2.06. The Morgan fingerprint density at radius 3 is 2.61 bits per heavy atom. The van der Waals surface area contributed by atoms with Crippen molar-refractivity contribution in [2.45, 2.75) is 18.0 Å². The standard InChI is InChI=1S/C18H14F3N3O2S2/c1-3-28(25,26)16-10-6-4-5-7-13(10)27-15(16)17-23-11-8-14(18(19,20)21)22-9-12(11)24(17)2/h4-9H,3H2,1-2H3. The van der Waals surface area contributed by atoms with Gasteiger partial charge < -0.3 is 4.57 Å². The van der Waals surface area contributed by atoms with Gasteiger partial charge >= 0.3 is 6.18 Å². The maximum atomic E-state index is 13.0. The van der Waals surface area contributed by atoms with Gasteiger partial charge in [0.15, 0.2) is 15.7 Å². The Morgan fingerprint density at radius 1 is 1.21 bits per heavy atom. The van der Waals surface area contributed by atoms with Gasteiger partial charge in [-0.3, -0.25) is 0 Å². The maximum Gasteiger partial charge on any atom is 0.433 e. The fourth-order valence-electron chi connectivity index (χ4n) is 3.07. The molecule has 0 fully saturated rings. The second-order valence-electron chi connectivity index (χ2n) is 6.21. The quantitative estimate of drug-likeness (QED) is 0.479. The third-order valence-corrected chi connectivity index (χ3v) is 7.60. The molecule has 5 nitrogen and oxygen atoms in total. The number of alkyl halides is 3. The molecule has 4 rings (SSSR count). The van der Waals surface area contributed by atoms with E-state index in [2.05, 4.69) is 9.97 Å². The molecule has 0 unspecified atom stereocenters. The molecule has 0 saturated carbocycles. The van der Waals surface area contributed by atoms with Crippen molar-refractivity contribution in [1.29, 1.82) is 0 Å². The number of rotatable bonds is 3. The van der Waals surface area contributed by atoms with Crippen LogP contribution in [0.3, 0.4) is 0 Å². The molecule has 0 saturated heterocycles. The zero-order valence-electron chi connectivity index (χ0n) is 14.8. The summed E-state index contributed by atoms with van der Waals surface area (Å²) < 4.78 is 66.9. The van der Waals surface area contributed by atoms with Crippen LogP contribution < -0.4 is 0 Å². The number of aryl methyl sites for hydroxylation is 1. The molecule has 0 atom stereocenters. The summed E-state index contributed by atoms with van der Waals surface area (Å²) in [7, 11) is -1.95. The van der Waals surface area contributed by atoms with E-state index in [1.165, 1.54) is 11.3 Å². The number of hydrogen-bond acceptors (Lipinski definition) is 5. The summed E-state index contributed by atoms with van der Waals surface area (Å²) in [6.07, 6.45) is -3.48. The molecule has 4 aromatic rings. The molecule has 0 bridgehead atoms. The van der Waals surface area contributed by atoms with Gasteiger partial charge in [-0.2, -0.15) is 13.2 Å². The zero-order chi connectivity index (χ0) is 20.3. The summed E-state index contributed by atoms with van der Waals surface area (Å²) >= 11 is 1.25. The van der Waals surface area contributed by atoms with Crippen molar-refractivity contribution in [3.05, 3.63) is 42.2 Å². The van der Waals surface area contributed by atoms with Crippen LogP contribution in [0, 0.1) is 0 Å². The molecule has 10 heteroatoms. The fraction of sp³-hybridized carbons (Fsp3) is 0.222. The predicted octanol–water partition coefficient (Wildman–Crippen LogP) is 4.66. The van der Waals surface area contributed by atoms with Gasteiger partial charge in [0.05, 0.1) is 32.8 Å². The number of fused-ring (bicyclic) bond motifs is 2. The Kier molecular flexibility index (Phi) is 4.23.